The molecule has 0 aliphatic heterocycles. The molecule has 0 radical (unpaired) electrons. The highest BCUT2D eigenvalue weighted by Gasteiger charge is 2.17. The van der Waals surface area contributed by atoms with E-state index >= 15 is 0 Å². The van der Waals surface area contributed by atoms with Crippen LogP contribution in [-0.4, -0.2) is 29.2 Å². The molecule has 1 aromatic heterocycles. The summed E-state index contributed by atoms with van der Waals surface area (Å²) in [7, 11) is 3.27. The topological polar surface area (TPSA) is 57.1 Å². The molecule has 32 heavy (non-hydrogen) atoms. The van der Waals surface area contributed by atoms with E-state index < -0.39 is 0 Å². The van der Waals surface area contributed by atoms with Gasteiger partial charge in [0.1, 0.15) is 11.5 Å². The van der Waals surface area contributed by atoms with E-state index in [9.17, 15) is 0 Å². The van der Waals surface area contributed by atoms with E-state index in [1.54, 1.807) is 14.2 Å². The zero-order valence-electron chi connectivity index (χ0n) is 19.4. The molecule has 0 aliphatic rings. The normalized spacial score (nSPS) is 10.8. The second-order valence-electron chi connectivity index (χ2n) is 8.01. The van der Waals surface area contributed by atoms with Crippen LogP contribution in [0.15, 0.2) is 54.6 Å². The zero-order chi connectivity index (χ0) is 22.8. The minimum absolute atomic E-state index is 0.560. The van der Waals surface area contributed by atoms with Gasteiger partial charge in [-0.25, -0.2) is 15.0 Å². The summed E-state index contributed by atoms with van der Waals surface area (Å²) < 4.78 is 11.0. The number of nitrogens with zero attached hydrogens (tertiary/aromatic N) is 3. The fourth-order valence-corrected chi connectivity index (χ4v) is 3.85. The number of ether oxygens (including phenoxy) is 2. The maximum atomic E-state index is 5.63. The predicted molar refractivity (Wildman–Crippen MR) is 128 cm³/mol. The largest absolute Gasteiger partial charge is 0.497 e. The van der Waals surface area contributed by atoms with Crippen LogP contribution in [0.2, 0.25) is 0 Å². The molecule has 0 aliphatic carbocycles. The first-order valence-corrected chi connectivity index (χ1v) is 10.5. The van der Waals surface area contributed by atoms with Gasteiger partial charge in [-0.2, -0.15) is 0 Å². The molecule has 3 aromatic carbocycles. The van der Waals surface area contributed by atoms with Gasteiger partial charge in [0.05, 0.1) is 19.8 Å². The number of benzene rings is 3. The van der Waals surface area contributed by atoms with Gasteiger partial charge in [-0.15, -0.1) is 0 Å². The number of hydrogen-bond donors (Lipinski definition) is 0. The van der Waals surface area contributed by atoms with Gasteiger partial charge < -0.3 is 9.47 Å². The molecule has 0 bridgehead atoms. The standard InChI is InChI=1S/C27H27N3O2/c1-16-7-10-21(18(3)13-16)25-28-26(22-11-8-17(2)14-19(22)4)30-27(29-25)23-12-9-20(31-5)15-24(23)32-6/h7-15H,1-6H3. The van der Waals surface area contributed by atoms with Gasteiger partial charge in [0, 0.05) is 17.2 Å². The maximum Gasteiger partial charge on any atom is 0.167 e. The van der Waals surface area contributed by atoms with Crippen molar-refractivity contribution in [1.29, 1.82) is 0 Å². The third-order valence-electron chi connectivity index (χ3n) is 5.53. The number of hydrogen-bond acceptors (Lipinski definition) is 5. The Bertz CT molecular complexity index is 1230. The minimum Gasteiger partial charge on any atom is -0.497 e. The second kappa shape index (κ2) is 8.79. The average molecular weight is 426 g/mol. The first kappa shape index (κ1) is 21.5. The third-order valence-corrected chi connectivity index (χ3v) is 5.53. The Balaban J connectivity index is 1.98. The predicted octanol–water partition coefficient (Wildman–Crippen LogP) is 6.12. The molecule has 5 nitrogen and oxygen atoms in total. The molecule has 0 atom stereocenters. The smallest absolute Gasteiger partial charge is 0.167 e. The molecule has 4 aromatic rings. The lowest BCUT2D eigenvalue weighted by atomic mass is 10.0. The Morgan fingerprint density at radius 1 is 0.531 bits per heavy atom. The Labute approximate surface area is 189 Å². The summed E-state index contributed by atoms with van der Waals surface area (Å²) in [6.07, 6.45) is 0. The Kier molecular flexibility index (Phi) is 5.91. The minimum atomic E-state index is 0.560. The molecule has 0 fully saturated rings. The lowest BCUT2D eigenvalue weighted by Crippen LogP contribution is -2.03. The summed E-state index contributed by atoms with van der Waals surface area (Å²) in [5.74, 6) is 3.20. The maximum absolute atomic E-state index is 5.63. The van der Waals surface area contributed by atoms with Gasteiger partial charge in [0.15, 0.2) is 17.5 Å². The van der Waals surface area contributed by atoms with E-state index in [4.69, 9.17) is 24.4 Å². The quantitative estimate of drug-likeness (QED) is 0.385. The Hall–Kier alpha value is -3.73. The molecule has 0 unspecified atom stereocenters. The Morgan fingerprint density at radius 2 is 1.00 bits per heavy atom. The van der Waals surface area contributed by atoms with Crippen molar-refractivity contribution in [3.8, 4) is 45.7 Å². The van der Waals surface area contributed by atoms with Crippen LogP contribution in [0, 0.1) is 27.7 Å². The lowest BCUT2D eigenvalue weighted by Gasteiger charge is -2.14. The van der Waals surface area contributed by atoms with Crippen molar-refractivity contribution in [2.24, 2.45) is 0 Å². The molecule has 162 valence electrons. The van der Waals surface area contributed by atoms with Crippen molar-refractivity contribution in [3.05, 3.63) is 76.9 Å². The van der Waals surface area contributed by atoms with Gasteiger partial charge in [0.2, 0.25) is 0 Å². The van der Waals surface area contributed by atoms with Crippen molar-refractivity contribution < 1.29 is 9.47 Å². The molecular formula is C27H27N3O2. The van der Waals surface area contributed by atoms with Gasteiger partial charge in [-0.1, -0.05) is 47.5 Å². The number of aromatic nitrogens is 3. The summed E-state index contributed by atoms with van der Waals surface area (Å²) in [5, 5.41) is 0. The van der Waals surface area contributed by atoms with E-state index in [2.05, 4.69) is 64.1 Å². The molecule has 0 saturated heterocycles. The molecule has 0 spiro atoms. The highest BCUT2D eigenvalue weighted by Crippen LogP contribution is 2.34. The molecule has 4 rings (SSSR count). The summed E-state index contributed by atoms with van der Waals surface area (Å²) in [5.41, 5.74) is 7.40. The monoisotopic (exact) mass is 425 g/mol. The van der Waals surface area contributed by atoms with Crippen LogP contribution >= 0.6 is 0 Å². The van der Waals surface area contributed by atoms with Gasteiger partial charge >= 0.3 is 0 Å². The summed E-state index contributed by atoms with van der Waals surface area (Å²) >= 11 is 0. The SMILES string of the molecule is COc1ccc(-c2nc(-c3ccc(C)cc3C)nc(-c3ccc(C)cc3C)n2)c(OC)c1. The number of aryl methyl sites for hydroxylation is 4. The third kappa shape index (κ3) is 4.19. The average Bonchev–Trinajstić information content (AvgIpc) is 2.78. The van der Waals surface area contributed by atoms with Crippen molar-refractivity contribution >= 4 is 0 Å². The fraction of sp³-hybridized carbons (Fsp3) is 0.222. The van der Waals surface area contributed by atoms with E-state index in [1.165, 1.54) is 11.1 Å². The first-order valence-electron chi connectivity index (χ1n) is 10.5. The van der Waals surface area contributed by atoms with Crippen LogP contribution in [0.4, 0.5) is 0 Å². The number of rotatable bonds is 5. The summed E-state index contributed by atoms with van der Waals surface area (Å²) in [6.45, 7) is 8.32. The molecule has 5 heteroatoms. The van der Waals surface area contributed by atoms with E-state index in [0.717, 1.165) is 27.8 Å². The van der Waals surface area contributed by atoms with E-state index in [-0.39, 0.29) is 0 Å². The van der Waals surface area contributed by atoms with Crippen molar-refractivity contribution in [1.82, 2.24) is 15.0 Å². The van der Waals surface area contributed by atoms with Crippen LogP contribution in [0.5, 0.6) is 11.5 Å². The van der Waals surface area contributed by atoms with E-state index in [1.807, 2.05) is 18.2 Å². The molecule has 0 saturated carbocycles. The summed E-state index contributed by atoms with van der Waals surface area (Å²) in [6, 6.07) is 18.2. The Morgan fingerprint density at radius 3 is 1.44 bits per heavy atom. The first-order chi connectivity index (χ1) is 15.4. The lowest BCUT2D eigenvalue weighted by molar-refractivity contribution is 0.395. The second-order valence-corrected chi connectivity index (χ2v) is 8.01. The van der Waals surface area contributed by atoms with Crippen LogP contribution < -0.4 is 9.47 Å². The van der Waals surface area contributed by atoms with Crippen LogP contribution in [0.25, 0.3) is 34.2 Å². The van der Waals surface area contributed by atoms with Gasteiger partial charge in [-0.05, 0) is 51.0 Å². The van der Waals surface area contributed by atoms with Crippen LogP contribution in [-0.2, 0) is 0 Å². The fourth-order valence-electron chi connectivity index (χ4n) is 3.85. The highest BCUT2D eigenvalue weighted by atomic mass is 16.5. The van der Waals surface area contributed by atoms with Crippen LogP contribution in [0.3, 0.4) is 0 Å². The van der Waals surface area contributed by atoms with Gasteiger partial charge in [-0.3, -0.25) is 0 Å². The van der Waals surface area contributed by atoms with Crippen LogP contribution in [0.1, 0.15) is 22.3 Å². The zero-order valence-corrected chi connectivity index (χ0v) is 19.4. The molecular weight excluding hydrogens is 398 g/mol. The summed E-state index contributed by atoms with van der Waals surface area (Å²) in [4.78, 5) is 14.6. The molecule has 0 N–H and O–H groups in total. The highest BCUT2D eigenvalue weighted by molar-refractivity contribution is 5.72. The van der Waals surface area contributed by atoms with E-state index in [0.29, 0.717) is 29.0 Å². The number of methoxy groups -OCH3 is 2. The van der Waals surface area contributed by atoms with Crippen molar-refractivity contribution in [2.45, 2.75) is 27.7 Å². The molecule has 1 heterocycles. The molecule has 0 amide bonds. The van der Waals surface area contributed by atoms with Crippen molar-refractivity contribution in [2.75, 3.05) is 14.2 Å². The van der Waals surface area contributed by atoms with Crippen molar-refractivity contribution in [3.63, 3.8) is 0 Å². The van der Waals surface area contributed by atoms with Gasteiger partial charge in [0.25, 0.3) is 0 Å².